The highest BCUT2D eigenvalue weighted by Gasteiger charge is 2.03. The minimum absolute atomic E-state index is 0.306. The van der Waals surface area contributed by atoms with Crippen molar-refractivity contribution in [3.8, 4) is 0 Å². The second kappa shape index (κ2) is 4.78. The lowest BCUT2D eigenvalue weighted by molar-refractivity contribution is -0.135. The zero-order chi connectivity index (χ0) is 12.3. The second-order valence-electron chi connectivity index (χ2n) is 3.80. The lowest BCUT2D eigenvalue weighted by Gasteiger charge is -2.01. The van der Waals surface area contributed by atoms with Crippen molar-refractivity contribution in [2.75, 3.05) is 7.11 Å². The molecule has 1 heterocycles. The summed E-state index contributed by atoms with van der Waals surface area (Å²) in [6.45, 7) is 1.74. The van der Waals surface area contributed by atoms with Crippen LogP contribution in [-0.4, -0.2) is 18.1 Å². The Bertz CT molecular complexity index is 588. The average molecular weight is 227 g/mol. The fraction of sp³-hybridized carbons (Fsp3) is 0.143. The Labute approximate surface area is 99.7 Å². The average Bonchev–Trinajstić information content (AvgIpc) is 2.37. The highest BCUT2D eigenvalue weighted by molar-refractivity contribution is 5.94. The molecule has 0 fully saturated rings. The topological polar surface area (TPSA) is 39.2 Å². The van der Waals surface area contributed by atoms with Gasteiger partial charge in [-0.15, -0.1) is 0 Å². The van der Waals surface area contributed by atoms with Crippen molar-refractivity contribution in [3.05, 3.63) is 47.8 Å². The van der Waals surface area contributed by atoms with Crippen LogP contribution in [0.5, 0.6) is 0 Å². The number of pyridine rings is 1. The monoisotopic (exact) mass is 227 g/mol. The van der Waals surface area contributed by atoms with E-state index in [0.29, 0.717) is 5.57 Å². The number of methoxy groups -OCH3 is 1. The zero-order valence-corrected chi connectivity index (χ0v) is 9.81. The van der Waals surface area contributed by atoms with E-state index >= 15 is 0 Å². The minimum Gasteiger partial charge on any atom is -0.466 e. The van der Waals surface area contributed by atoms with Crippen LogP contribution < -0.4 is 0 Å². The maximum atomic E-state index is 11.3. The number of rotatable bonds is 2. The SMILES string of the molecule is COC(=O)/C(C)=C/c1ccc2cnccc2c1. The molecule has 0 saturated carbocycles. The molecule has 0 atom stereocenters. The number of esters is 1. The van der Waals surface area contributed by atoms with Gasteiger partial charge in [0.25, 0.3) is 0 Å². The van der Waals surface area contributed by atoms with Gasteiger partial charge in [0.15, 0.2) is 0 Å². The van der Waals surface area contributed by atoms with Crippen LogP contribution in [-0.2, 0) is 9.53 Å². The predicted octanol–water partition coefficient (Wildman–Crippen LogP) is 2.81. The van der Waals surface area contributed by atoms with Gasteiger partial charge < -0.3 is 4.74 Å². The minimum atomic E-state index is -0.306. The molecule has 0 unspecified atom stereocenters. The lowest BCUT2D eigenvalue weighted by Crippen LogP contribution is -2.00. The van der Waals surface area contributed by atoms with E-state index in [1.54, 1.807) is 13.1 Å². The molecule has 1 aromatic carbocycles. The van der Waals surface area contributed by atoms with E-state index in [2.05, 4.69) is 9.72 Å². The van der Waals surface area contributed by atoms with Crippen LogP contribution in [0.2, 0.25) is 0 Å². The summed E-state index contributed by atoms with van der Waals surface area (Å²) in [6.07, 6.45) is 5.38. The molecule has 17 heavy (non-hydrogen) atoms. The smallest absolute Gasteiger partial charge is 0.333 e. The summed E-state index contributed by atoms with van der Waals surface area (Å²) >= 11 is 0. The molecular formula is C14H13NO2. The van der Waals surface area contributed by atoms with Crippen molar-refractivity contribution in [2.24, 2.45) is 0 Å². The van der Waals surface area contributed by atoms with Crippen LogP contribution >= 0.6 is 0 Å². The van der Waals surface area contributed by atoms with Crippen LogP contribution in [0, 0.1) is 0 Å². The van der Waals surface area contributed by atoms with Crippen molar-refractivity contribution in [2.45, 2.75) is 6.92 Å². The Hall–Kier alpha value is -2.16. The van der Waals surface area contributed by atoms with Gasteiger partial charge in [0, 0.05) is 23.4 Å². The van der Waals surface area contributed by atoms with Crippen molar-refractivity contribution in [1.29, 1.82) is 0 Å². The Morgan fingerprint density at radius 2 is 2.12 bits per heavy atom. The van der Waals surface area contributed by atoms with E-state index in [1.165, 1.54) is 7.11 Å². The number of hydrogen-bond acceptors (Lipinski definition) is 3. The van der Waals surface area contributed by atoms with Gasteiger partial charge in [-0.25, -0.2) is 4.79 Å². The number of ether oxygens (including phenoxy) is 1. The molecule has 0 bridgehead atoms. The molecule has 0 saturated heterocycles. The van der Waals surface area contributed by atoms with Gasteiger partial charge in [0.2, 0.25) is 0 Å². The van der Waals surface area contributed by atoms with Gasteiger partial charge in [0.1, 0.15) is 0 Å². The van der Waals surface area contributed by atoms with Gasteiger partial charge in [-0.2, -0.15) is 0 Å². The van der Waals surface area contributed by atoms with Crippen molar-refractivity contribution in [1.82, 2.24) is 4.98 Å². The number of carbonyl (C=O) groups is 1. The first-order valence-corrected chi connectivity index (χ1v) is 5.31. The van der Waals surface area contributed by atoms with Crippen LogP contribution in [0.15, 0.2) is 42.2 Å². The van der Waals surface area contributed by atoms with Crippen LogP contribution in [0.3, 0.4) is 0 Å². The Morgan fingerprint density at radius 1 is 1.29 bits per heavy atom. The molecule has 0 spiro atoms. The van der Waals surface area contributed by atoms with E-state index in [9.17, 15) is 4.79 Å². The van der Waals surface area contributed by atoms with E-state index < -0.39 is 0 Å². The number of benzene rings is 1. The van der Waals surface area contributed by atoms with E-state index in [0.717, 1.165) is 16.3 Å². The summed E-state index contributed by atoms with van der Waals surface area (Å²) in [7, 11) is 1.38. The second-order valence-corrected chi connectivity index (χ2v) is 3.80. The van der Waals surface area contributed by atoms with Crippen molar-refractivity contribution < 1.29 is 9.53 Å². The van der Waals surface area contributed by atoms with Crippen LogP contribution in [0.4, 0.5) is 0 Å². The molecule has 0 radical (unpaired) electrons. The van der Waals surface area contributed by atoms with Crippen LogP contribution in [0.1, 0.15) is 12.5 Å². The molecule has 1 aromatic heterocycles. The fourth-order valence-electron chi connectivity index (χ4n) is 1.66. The summed E-state index contributed by atoms with van der Waals surface area (Å²) in [5, 5.41) is 2.19. The molecule has 2 rings (SSSR count). The molecular weight excluding hydrogens is 214 g/mol. The molecule has 2 aromatic rings. The molecule has 0 N–H and O–H groups in total. The predicted molar refractivity (Wildman–Crippen MR) is 67.4 cm³/mol. The molecule has 3 heteroatoms. The summed E-state index contributed by atoms with van der Waals surface area (Å²) in [5.74, 6) is -0.306. The molecule has 3 nitrogen and oxygen atoms in total. The molecule has 86 valence electrons. The molecule has 0 aliphatic rings. The number of nitrogens with zero attached hydrogens (tertiary/aromatic N) is 1. The summed E-state index contributed by atoms with van der Waals surface area (Å²) < 4.78 is 4.65. The van der Waals surface area contributed by atoms with E-state index in [-0.39, 0.29) is 5.97 Å². The van der Waals surface area contributed by atoms with Crippen molar-refractivity contribution >= 4 is 22.8 Å². The van der Waals surface area contributed by atoms with Gasteiger partial charge in [-0.3, -0.25) is 4.98 Å². The summed E-state index contributed by atoms with van der Waals surface area (Å²) in [6, 6.07) is 7.90. The first-order valence-electron chi connectivity index (χ1n) is 5.31. The lowest BCUT2D eigenvalue weighted by atomic mass is 10.1. The van der Waals surface area contributed by atoms with Gasteiger partial charge >= 0.3 is 5.97 Å². The Kier molecular flexibility index (Phi) is 3.19. The normalized spacial score (nSPS) is 11.5. The number of carbonyl (C=O) groups excluding carboxylic acids is 1. The van der Waals surface area contributed by atoms with Gasteiger partial charge in [0.05, 0.1) is 7.11 Å². The Balaban J connectivity index is 2.40. The molecule has 0 amide bonds. The fourth-order valence-corrected chi connectivity index (χ4v) is 1.66. The molecule has 0 aliphatic heterocycles. The van der Waals surface area contributed by atoms with Crippen molar-refractivity contribution in [3.63, 3.8) is 0 Å². The van der Waals surface area contributed by atoms with Gasteiger partial charge in [-0.1, -0.05) is 12.1 Å². The quantitative estimate of drug-likeness (QED) is 0.585. The first kappa shape index (κ1) is 11.3. The number of fused-ring (bicyclic) bond motifs is 1. The highest BCUT2D eigenvalue weighted by Crippen LogP contribution is 2.16. The Morgan fingerprint density at radius 3 is 2.88 bits per heavy atom. The number of aromatic nitrogens is 1. The summed E-state index contributed by atoms with van der Waals surface area (Å²) in [5.41, 5.74) is 1.56. The van der Waals surface area contributed by atoms with E-state index in [1.807, 2.05) is 36.5 Å². The highest BCUT2D eigenvalue weighted by atomic mass is 16.5. The van der Waals surface area contributed by atoms with Crippen LogP contribution in [0.25, 0.3) is 16.8 Å². The van der Waals surface area contributed by atoms with E-state index in [4.69, 9.17) is 0 Å². The zero-order valence-electron chi connectivity index (χ0n) is 9.81. The largest absolute Gasteiger partial charge is 0.466 e. The third-order valence-corrected chi connectivity index (χ3v) is 2.56. The summed E-state index contributed by atoms with van der Waals surface area (Å²) in [4.78, 5) is 15.3. The van der Waals surface area contributed by atoms with Gasteiger partial charge in [-0.05, 0) is 36.1 Å². The molecule has 0 aliphatic carbocycles. The number of hydrogen-bond donors (Lipinski definition) is 0. The maximum Gasteiger partial charge on any atom is 0.333 e. The third kappa shape index (κ3) is 2.50. The first-order chi connectivity index (χ1) is 8.20. The third-order valence-electron chi connectivity index (χ3n) is 2.56. The maximum absolute atomic E-state index is 11.3. The standard InChI is InChI=1S/C14H13NO2/c1-10(14(16)17-2)7-11-3-4-13-9-15-6-5-12(13)8-11/h3-9H,1-2H3/b10-7+.